The van der Waals surface area contributed by atoms with Crippen molar-refractivity contribution in [1.29, 1.82) is 0 Å². The lowest BCUT2D eigenvalue weighted by Gasteiger charge is -1.94. The molecule has 0 aliphatic rings. The van der Waals surface area contributed by atoms with E-state index in [0.717, 1.165) is 0 Å². The summed E-state index contributed by atoms with van der Waals surface area (Å²) in [5.74, 6) is -1.40. The molecule has 2 N–H and O–H groups in total. The maximum atomic E-state index is 9.66. The monoisotopic (exact) mass is 117 g/mol. The third-order valence-electron chi connectivity index (χ3n) is 0.562. The Kier molecular flexibility index (Phi) is 2.79. The van der Waals surface area contributed by atoms with Gasteiger partial charge in [0.25, 0.3) is 0 Å². The molecule has 0 rings (SSSR count). The molecule has 1 radical (unpaired) electrons. The van der Waals surface area contributed by atoms with E-state index in [1.165, 1.54) is 6.29 Å². The summed E-state index contributed by atoms with van der Waals surface area (Å²) in [4.78, 5) is 19.0. The zero-order valence-electron chi connectivity index (χ0n) is 4.00. The molecule has 4 heteroatoms. The highest BCUT2D eigenvalue weighted by atomic mass is 16.4. The van der Waals surface area contributed by atoms with E-state index < -0.39 is 18.5 Å². The maximum Gasteiger partial charge on any atom is 0.333 e. The normalized spacial score (nSPS) is 12.6. The van der Waals surface area contributed by atoms with Crippen molar-refractivity contribution in [1.82, 2.24) is 0 Å². The molecular formula is C4H5O4. The molecule has 0 aromatic heterocycles. The first-order chi connectivity index (χ1) is 3.68. The van der Waals surface area contributed by atoms with Crippen LogP contribution in [0, 0.1) is 0 Å². The highest BCUT2D eigenvalue weighted by molar-refractivity contribution is 5.75. The van der Waals surface area contributed by atoms with Crippen molar-refractivity contribution in [2.24, 2.45) is 0 Å². The van der Waals surface area contributed by atoms with Gasteiger partial charge in [0.2, 0.25) is 6.29 Å². The SMILES string of the molecule is O=[C]C[C@H](O)C(=O)O. The van der Waals surface area contributed by atoms with Crippen molar-refractivity contribution >= 4 is 12.3 Å². The minimum Gasteiger partial charge on any atom is -0.479 e. The summed E-state index contributed by atoms with van der Waals surface area (Å²) < 4.78 is 0. The number of rotatable bonds is 3. The van der Waals surface area contributed by atoms with Crippen LogP contribution in [0.5, 0.6) is 0 Å². The van der Waals surface area contributed by atoms with Gasteiger partial charge in [0, 0.05) is 0 Å². The molecule has 0 aliphatic carbocycles. The van der Waals surface area contributed by atoms with Crippen LogP contribution in [-0.2, 0) is 9.59 Å². The zero-order valence-corrected chi connectivity index (χ0v) is 4.00. The molecule has 0 aromatic rings. The summed E-state index contributed by atoms with van der Waals surface area (Å²) in [6.45, 7) is 0. The first-order valence-corrected chi connectivity index (χ1v) is 1.94. The summed E-state index contributed by atoms with van der Waals surface area (Å²) in [7, 11) is 0. The lowest BCUT2D eigenvalue weighted by Crippen LogP contribution is -2.19. The third kappa shape index (κ3) is 2.30. The van der Waals surface area contributed by atoms with E-state index in [4.69, 9.17) is 10.2 Å². The quantitative estimate of drug-likeness (QED) is 0.493. The second-order valence-electron chi connectivity index (χ2n) is 1.20. The maximum absolute atomic E-state index is 9.66. The van der Waals surface area contributed by atoms with Gasteiger partial charge in [-0.05, 0) is 0 Å². The van der Waals surface area contributed by atoms with Crippen molar-refractivity contribution in [3.63, 3.8) is 0 Å². The van der Waals surface area contributed by atoms with Crippen LogP contribution in [-0.4, -0.2) is 28.6 Å². The lowest BCUT2D eigenvalue weighted by molar-refractivity contribution is -0.146. The Morgan fingerprint density at radius 2 is 2.25 bits per heavy atom. The van der Waals surface area contributed by atoms with Crippen LogP contribution >= 0.6 is 0 Å². The van der Waals surface area contributed by atoms with Crippen LogP contribution in [0.15, 0.2) is 0 Å². The molecule has 0 aliphatic heterocycles. The number of carboxylic acids is 1. The summed E-state index contributed by atoms with van der Waals surface area (Å²) in [5, 5.41) is 16.1. The predicted octanol–water partition coefficient (Wildman–Crippen LogP) is -1.07. The Bertz CT molecular complexity index is 98.2. The van der Waals surface area contributed by atoms with Crippen molar-refractivity contribution in [2.75, 3.05) is 0 Å². The molecule has 0 bridgehead atoms. The number of hydrogen-bond acceptors (Lipinski definition) is 3. The van der Waals surface area contributed by atoms with Gasteiger partial charge < -0.3 is 10.2 Å². The van der Waals surface area contributed by atoms with Crippen molar-refractivity contribution in [3.8, 4) is 0 Å². The molecule has 0 heterocycles. The van der Waals surface area contributed by atoms with Crippen LogP contribution in [0.25, 0.3) is 0 Å². The number of hydrogen-bond donors (Lipinski definition) is 2. The van der Waals surface area contributed by atoms with E-state index >= 15 is 0 Å². The van der Waals surface area contributed by atoms with Gasteiger partial charge in [-0.15, -0.1) is 0 Å². The van der Waals surface area contributed by atoms with Gasteiger partial charge in [-0.25, -0.2) is 4.79 Å². The fraction of sp³-hybridized carbons (Fsp3) is 0.500. The summed E-state index contributed by atoms with van der Waals surface area (Å²) in [5.41, 5.74) is 0. The molecule has 0 spiro atoms. The third-order valence-corrected chi connectivity index (χ3v) is 0.562. The molecule has 0 fully saturated rings. The predicted molar refractivity (Wildman–Crippen MR) is 24.0 cm³/mol. The first kappa shape index (κ1) is 7.10. The fourth-order valence-electron chi connectivity index (χ4n) is 0.166. The van der Waals surface area contributed by atoms with Crippen LogP contribution < -0.4 is 0 Å². The summed E-state index contributed by atoms with van der Waals surface area (Å²) >= 11 is 0. The van der Waals surface area contributed by atoms with E-state index in [2.05, 4.69) is 0 Å². The molecule has 0 unspecified atom stereocenters. The second kappa shape index (κ2) is 3.15. The van der Waals surface area contributed by atoms with Gasteiger partial charge in [0.15, 0.2) is 6.10 Å². The molecule has 4 nitrogen and oxygen atoms in total. The molecule has 0 saturated carbocycles. The van der Waals surface area contributed by atoms with E-state index in [1.54, 1.807) is 0 Å². The highest BCUT2D eigenvalue weighted by Crippen LogP contribution is 1.84. The minimum atomic E-state index is -1.59. The van der Waals surface area contributed by atoms with E-state index in [9.17, 15) is 9.59 Å². The number of carboxylic acid groups (broad SMARTS) is 1. The molecule has 1 atom stereocenters. The average molecular weight is 117 g/mol. The Morgan fingerprint density at radius 1 is 1.75 bits per heavy atom. The largest absolute Gasteiger partial charge is 0.479 e. The molecule has 45 valence electrons. The zero-order chi connectivity index (χ0) is 6.57. The van der Waals surface area contributed by atoms with Gasteiger partial charge in [0.05, 0.1) is 6.42 Å². The van der Waals surface area contributed by atoms with Crippen LogP contribution in [0.2, 0.25) is 0 Å². The van der Waals surface area contributed by atoms with E-state index in [-0.39, 0.29) is 0 Å². The van der Waals surface area contributed by atoms with Gasteiger partial charge in [-0.1, -0.05) is 0 Å². The second-order valence-corrected chi connectivity index (χ2v) is 1.20. The Morgan fingerprint density at radius 3 is 2.38 bits per heavy atom. The molecule has 8 heavy (non-hydrogen) atoms. The minimum absolute atomic E-state index is 0.463. The topological polar surface area (TPSA) is 74.6 Å². The standard InChI is InChI=1S/C4H5O4/c5-2-1-3(6)4(7)8/h3,6H,1H2,(H,7,8)/t3-/m0/s1. The number of aliphatic hydroxyl groups excluding tert-OH is 1. The summed E-state index contributed by atoms with van der Waals surface area (Å²) in [6.07, 6.45) is -0.785. The summed E-state index contributed by atoms with van der Waals surface area (Å²) in [6, 6.07) is 0. The smallest absolute Gasteiger partial charge is 0.333 e. The number of aliphatic hydroxyl groups is 1. The van der Waals surface area contributed by atoms with Crippen LogP contribution in [0.1, 0.15) is 6.42 Å². The fourth-order valence-corrected chi connectivity index (χ4v) is 0.166. The van der Waals surface area contributed by atoms with Gasteiger partial charge >= 0.3 is 5.97 Å². The average Bonchev–Trinajstić information content (AvgIpc) is 1.67. The van der Waals surface area contributed by atoms with Gasteiger partial charge in [0.1, 0.15) is 0 Å². The van der Waals surface area contributed by atoms with Crippen molar-refractivity contribution in [2.45, 2.75) is 12.5 Å². The number of aliphatic carboxylic acids is 1. The Hall–Kier alpha value is -0.900. The van der Waals surface area contributed by atoms with E-state index in [0.29, 0.717) is 0 Å². The van der Waals surface area contributed by atoms with Crippen LogP contribution in [0.3, 0.4) is 0 Å². The molecular weight excluding hydrogens is 112 g/mol. The molecule has 0 aromatic carbocycles. The van der Waals surface area contributed by atoms with Crippen LogP contribution in [0.4, 0.5) is 0 Å². The first-order valence-electron chi connectivity index (χ1n) is 1.94. The lowest BCUT2D eigenvalue weighted by atomic mass is 10.3. The Labute approximate surface area is 45.7 Å². The van der Waals surface area contributed by atoms with Crippen molar-refractivity contribution in [3.05, 3.63) is 0 Å². The molecule has 0 amide bonds. The number of carbonyl (C=O) groups is 1. The Balaban J connectivity index is 3.46. The highest BCUT2D eigenvalue weighted by Gasteiger charge is 2.10. The number of carbonyl (C=O) groups excluding carboxylic acids is 1. The van der Waals surface area contributed by atoms with Gasteiger partial charge in [-0.2, -0.15) is 0 Å². The van der Waals surface area contributed by atoms with E-state index in [1.807, 2.05) is 0 Å². The van der Waals surface area contributed by atoms with Crippen molar-refractivity contribution < 1.29 is 19.8 Å². The van der Waals surface area contributed by atoms with Gasteiger partial charge in [-0.3, -0.25) is 4.79 Å². The molecule has 0 saturated heterocycles.